The van der Waals surface area contributed by atoms with E-state index in [2.05, 4.69) is 19.3 Å². The number of hydrogen-bond donors (Lipinski definition) is 1. The highest BCUT2D eigenvalue weighted by Crippen LogP contribution is 2.33. The van der Waals surface area contributed by atoms with E-state index < -0.39 is 0 Å². The maximum Gasteiger partial charge on any atom is 0.0572 e. The minimum atomic E-state index is 0.623. The second-order valence-corrected chi connectivity index (χ2v) is 3.49. The van der Waals surface area contributed by atoms with Crippen molar-refractivity contribution < 1.29 is 4.84 Å². The predicted molar refractivity (Wildman–Crippen MR) is 41.5 cm³/mol. The molecule has 0 unspecified atom stereocenters. The van der Waals surface area contributed by atoms with Crippen LogP contribution in [0.2, 0.25) is 0 Å². The summed E-state index contributed by atoms with van der Waals surface area (Å²) in [5.41, 5.74) is 2.97. The molecule has 2 nitrogen and oxygen atoms in total. The molecule has 1 fully saturated rings. The highest BCUT2D eigenvalue weighted by molar-refractivity contribution is 4.84. The second kappa shape index (κ2) is 3.35. The Labute approximate surface area is 62.9 Å². The zero-order valence-electron chi connectivity index (χ0n) is 7.05. The molecular formula is C8H17NO. The van der Waals surface area contributed by atoms with Gasteiger partial charge in [-0.1, -0.05) is 13.8 Å². The van der Waals surface area contributed by atoms with Crippen LogP contribution in [0, 0.1) is 11.8 Å². The van der Waals surface area contributed by atoms with Crippen molar-refractivity contribution in [2.24, 2.45) is 11.8 Å². The quantitative estimate of drug-likeness (QED) is 0.605. The van der Waals surface area contributed by atoms with E-state index >= 15 is 0 Å². The minimum Gasteiger partial charge on any atom is -0.305 e. The van der Waals surface area contributed by atoms with Crippen molar-refractivity contribution in [2.75, 3.05) is 7.11 Å². The van der Waals surface area contributed by atoms with Gasteiger partial charge in [-0.15, -0.1) is 0 Å². The van der Waals surface area contributed by atoms with Crippen molar-refractivity contribution in [3.05, 3.63) is 0 Å². The topological polar surface area (TPSA) is 21.3 Å². The second-order valence-electron chi connectivity index (χ2n) is 3.49. The molecule has 0 radical (unpaired) electrons. The van der Waals surface area contributed by atoms with Crippen LogP contribution in [-0.2, 0) is 4.84 Å². The molecule has 1 saturated carbocycles. The lowest BCUT2D eigenvalue weighted by Crippen LogP contribution is -2.42. The van der Waals surface area contributed by atoms with Crippen LogP contribution in [0.3, 0.4) is 0 Å². The van der Waals surface area contributed by atoms with Gasteiger partial charge in [0.1, 0.15) is 0 Å². The van der Waals surface area contributed by atoms with Gasteiger partial charge in [-0.05, 0) is 24.7 Å². The molecule has 1 aliphatic carbocycles. The molecule has 0 atom stereocenters. The van der Waals surface area contributed by atoms with Crippen LogP contribution in [0.5, 0.6) is 0 Å². The molecule has 1 N–H and O–H groups in total. The van der Waals surface area contributed by atoms with Gasteiger partial charge < -0.3 is 4.84 Å². The molecule has 0 aromatic heterocycles. The van der Waals surface area contributed by atoms with Gasteiger partial charge in [-0.2, -0.15) is 5.48 Å². The molecule has 10 heavy (non-hydrogen) atoms. The minimum absolute atomic E-state index is 0.623. The monoisotopic (exact) mass is 143 g/mol. The molecule has 0 aromatic rings. The van der Waals surface area contributed by atoms with E-state index in [-0.39, 0.29) is 0 Å². The number of hydrogen-bond acceptors (Lipinski definition) is 2. The summed E-state index contributed by atoms with van der Waals surface area (Å²) in [6.45, 7) is 4.57. The van der Waals surface area contributed by atoms with Crippen LogP contribution >= 0.6 is 0 Å². The summed E-state index contributed by atoms with van der Waals surface area (Å²) in [6.07, 6.45) is 2.57. The molecule has 0 spiro atoms. The van der Waals surface area contributed by atoms with E-state index in [0.29, 0.717) is 6.04 Å². The molecule has 0 heterocycles. The Kier molecular flexibility index (Phi) is 2.69. The Balaban J connectivity index is 2.06. The maximum absolute atomic E-state index is 4.82. The Morgan fingerprint density at radius 2 is 2.00 bits per heavy atom. The van der Waals surface area contributed by atoms with E-state index in [1.807, 2.05) is 0 Å². The van der Waals surface area contributed by atoms with Crippen molar-refractivity contribution in [2.45, 2.75) is 32.7 Å². The Morgan fingerprint density at radius 3 is 2.40 bits per heavy atom. The maximum atomic E-state index is 4.82. The summed E-state index contributed by atoms with van der Waals surface area (Å²) in [5, 5.41) is 0. The summed E-state index contributed by atoms with van der Waals surface area (Å²) in [7, 11) is 1.68. The third-order valence-electron chi connectivity index (χ3n) is 2.40. The third kappa shape index (κ3) is 1.70. The van der Waals surface area contributed by atoms with Gasteiger partial charge in [0.25, 0.3) is 0 Å². The Morgan fingerprint density at radius 1 is 1.40 bits per heavy atom. The van der Waals surface area contributed by atoms with Crippen molar-refractivity contribution in [1.29, 1.82) is 0 Å². The fourth-order valence-corrected chi connectivity index (χ4v) is 1.47. The average molecular weight is 143 g/mol. The third-order valence-corrected chi connectivity index (χ3v) is 2.40. The van der Waals surface area contributed by atoms with Crippen LogP contribution < -0.4 is 5.48 Å². The molecule has 0 aromatic carbocycles. The molecule has 0 bridgehead atoms. The fraction of sp³-hybridized carbons (Fsp3) is 1.00. The van der Waals surface area contributed by atoms with E-state index in [1.54, 1.807) is 7.11 Å². The molecule has 0 aliphatic heterocycles. The first-order valence-electron chi connectivity index (χ1n) is 4.02. The molecule has 1 rings (SSSR count). The molecule has 2 heteroatoms. The highest BCUT2D eigenvalue weighted by atomic mass is 16.6. The van der Waals surface area contributed by atoms with E-state index in [0.717, 1.165) is 11.8 Å². The van der Waals surface area contributed by atoms with Crippen LogP contribution in [0.1, 0.15) is 26.7 Å². The van der Waals surface area contributed by atoms with Crippen LogP contribution in [0.15, 0.2) is 0 Å². The zero-order chi connectivity index (χ0) is 7.56. The van der Waals surface area contributed by atoms with Crippen LogP contribution in [0.4, 0.5) is 0 Å². The first kappa shape index (κ1) is 8.02. The zero-order valence-corrected chi connectivity index (χ0v) is 7.05. The van der Waals surface area contributed by atoms with E-state index in [1.165, 1.54) is 12.8 Å². The number of nitrogens with one attached hydrogen (secondary N) is 1. The SMILES string of the molecule is CONC1CC(C(C)C)C1. The molecule has 0 saturated heterocycles. The van der Waals surface area contributed by atoms with Crippen molar-refractivity contribution in [3.8, 4) is 0 Å². The fourth-order valence-electron chi connectivity index (χ4n) is 1.47. The van der Waals surface area contributed by atoms with Gasteiger partial charge >= 0.3 is 0 Å². The van der Waals surface area contributed by atoms with E-state index in [9.17, 15) is 0 Å². The van der Waals surface area contributed by atoms with Gasteiger partial charge in [0.05, 0.1) is 7.11 Å². The van der Waals surface area contributed by atoms with Crippen LogP contribution in [0.25, 0.3) is 0 Å². The van der Waals surface area contributed by atoms with Crippen molar-refractivity contribution in [1.82, 2.24) is 5.48 Å². The van der Waals surface area contributed by atoms with Crippen molar-refractivity contribution >= 4 is 0 Å². The Hall–Kier alpha value is -0.0800. The molecule has 1 aliphatic rings. The summed E-state index contributed by atoms with van der Waals surface area (Å²) < 4.78 is 0. The lowest BCUT2D eigenvalue weighted by Gasteiger charge is -2.37. The summed E-state index contributed by atoms with van der Waals surface area (Å²) in [6, 6.07) is 0.623. The van der Waals surface area contributed by atoms with Gasteiger partial charge in [-0.3, -0.25) is 0 Å². The first-order chi connectivity index (χ1) is 4.74. The summed E-state index contributed by atoms with van der Waals surface area (Å²) >= 11 is 0. The molecule has 0 amide bonds. The first-order valence-corrected chi connectivity index (χ1v) is 4.02. The van der Waals surface area contributed by atoms with Gasteiger partial charge in [0, 0.05) is 6.04 Å². The smallest absolute Gasteiger partial charge is 0.0572 e. The standard InChI is InChI=1S/C8H17NO/c1-6(2)7-4-8(5-7)9-10-3/h6-9H,4-5H2,1-3H3. The molecule has 60 valence electrons. The van der Waals surface area contributed by atoms with Crippen molar-refractivity contribution in [3.63, 3.8) is 0 Å². The van der Waals surface area contributed by atoms with Gasteiger partial charge in [0.15, 0.2) is 0 Å². The lowest BCUT2D eigenvalue weighted by atomic mass is 9.74. The largest absolute Gasteiger partial charge is 0.305 e. The van der Waals surface area contributed by atoms with Gasteiger partial charge in [-0.25, -0.2) is 0 Å². The summed E-state index contributed by atoms with van der Waals surface area (Å²) in [4.78, 5) is 4.82. The normalized spacial score (nSPS) is 32.4. The van der Waals surface area contributed by atoms with E-state index in [4.69, 9.17) is 4.84 Å². The average Bonchev–Trinajstić information content (AvgIpc) is 1.76. The lowest BCUT2D eigenvalue weighted by molar-refractivity contribution is 0.00548. The highest BCUT2D eigenvalue weighted by Gasteiger charge is 2.30. The number of hydroxylamine groups is 1. The van der Waals surface area contributed by atoms with Crippen LogP contribution in [-0.4, -0.2) is 13.2 Å². The predicted octanol–water partition coefficient (Wildman–Crippen LogP) is 1.57. The summed E-state index contributed by atoms with van der Waals surface area (Å²) in [5.74, 6) is 1.77. The molecular weight excluding hydrogens is 126 g/mol. The Bertz CT molecular complexity index is 97.4. The number of rotatable bonds is 3. The van der Waals surface area contributed by atoms with Gasteiger partial charge in [0.2, 0.25) is 0 Å².